The van der Waals surface area contributed by atoms with Gasteiger partial charge >= 0.3 is 0 Å². The van der Waals surface area contributed by atoms with Crippen LogP contribution in [0.5, 0.6) is 11.5 Å². The molecule has 2 N–H and O–H groups in total. The van der Waals surface area contributed by atoms with Crippen LogP contribution in [0, 0.1) is 5.92 Å². The van der Waals surface area contributed by atoms with Gasteiger partial charge in [0.05, 0.1) is 20.8 Å². The van der Waals surface area contributed by atoms with Gasteiger partial charge in [0.15, 0.2) is 17.5 Å². The molecule has 6 nitrogen and oxygen atoms in total. The van der Waals surface area contributed by atoms with Crippen molar-refractivity contribution in [3.05, 3.63) is 23.8 Å². The number of hydrogen-bond donors (Lipinski definition) is 2. The molecule has 0 spiro atoms. The topological polar surface area (TPSA) is 58.1 Å². The van der Waals surface area contributed by atoms with E-state index < -0.39 is 0 Å². The van der Waals surface area contributed by atoms with Crippen LogP contribution in [0.4, 0.5) is 0 Å². The number of piperidine rings is 1. The van der Waals surface area contributed by atoms with E-state index >= 15 is 0 Å². The highest BCUT2D eigenvalue weighted by Gasteiger charge is 2.15. The number of rotatable bonds is 10. The first-order valence-electron chi connectivity index (χ1n) is 10.6. The molecule has 0 radical (unpaired) electrons. The number of unbranched alkanes of at least 4 members (excludes halogenated alkanes) is 1. The number of halogens is 1. The zero-order chi connectivity index (χ0) is 20.2. The second-order valence-electron chi connectivity index (χ2n) is 7.57. The molecule has 1 aromatic rings. The van der Waals surface area contributed by atoms with Crippen LogP contribution >= 0.6 is 24.0 Å². The molecule has 29 heavy (non-hydrogen) atoms. The number of guanidine groups is 1. The molecule has 0 amide bonds. The summed E-state index contributed by atoms with van der Waals surface area (Å²) in [6.07, 6.45) is 5.13. The van der Waals surface area contributed by atoms with E-state index in [2.05, 4.69) is 29.4 Å². The summed E-state index contributed by atoms with van der Waals surface area (Å²) >= 11 is 0. The zero-order valence-corrected chi connectivity index (χ0v) is 20.8. The molecule has 1 unspecified atom stereocenters. The van der Waals surface area contributed by atoms with E-state index in [-0.39, 0.29) is 24.0 Å². The van der Waals surface area contributed by atoms with E-state index in [0.717, 1.165) is 48.5 Å². The number of methoxy groups -OCH3 is 2. The monoisotopic (exact) mass is 518 g/mol. The van der Waals surface area contributed by atoms with E-state index in [0.29, 0.717) is 6.54 Å². The van der Waals surface area contributed by atoms with Crippen molar-refractivity contribution in [3.8, 4) is 11.5 Å². The highest BCUT2D eigenvalue weighted by atomic mass is 127. The van der Waals surface area contributed by atoms with Crippen molar-refractivity contribution in [3.63, 3.8) is 0 Å². The molecule has 0 saturated carbocycles. The third-order valence-corrected chi connectivity index (χ3v) is 5.15. The second-order valence-corrected chi connectivity index (χ2v) is 7.57. The third kappa shape index (κ3) is 9.42. The maximum atomic E-state index is 5.37. The van der Waals surface area contributed by atoms with Gasteiger partial charge < -0.3 is 25.0 Å². The molecule has 1 atom stereocenters. The average molecular weight is 518 g/mol. The van der Waals surface area contributed by atoms with Crippen LogP contribution in [0.1, 0.15) is 45.1 Å². The Labute approximate surface area is 193 Å². The summed E-state index contributed by atoms with van der Waals surface area (Å²) in [6.45, 7) is 10.6. The summed E-state index contributed by atoms with van der Waals surface area (Å²) in [7, 11) is 3.30. The van der Waals surface area contributed by atoms with E-state index in [1.54, 1.807) is 14.2 Å². The lowest BCUT2D eigenvalue weighted by Crippen LogP contribution is -2.38. The molecule has 0 aliphatic carbocycles. The molecule has 2 rings (SSSR count). The first-order chi connectivity index (χ1) is 13.7. The first kappa shape index (κ1) is 25.8. The van der Waals surface area contributed by atoms with E-state index in [9.17, 15) is 0 Å². The molecule has 7 heteroatoms. The number of nitrogens with one attached hydrogen (secondary N) is 2. The van der Waals surface area contributed by atoms with Crippen LogP contribution in [0.25, 0.3) is 0 Å². The van der Waals surface area contributed by atoms with Crippen molar-refractivity contribution in [2.24, 2.45) is 10.9 Å². The Morgan fingerprint density at radius 2 is 1.97 bits per heavy atom. The molecule has 1 heterocycles. The Morgan fingerprint density at radius 1 is 1.17 bits per heavy atom. The van der Waals surface area contributed by atoms with Crippen LogP contribution in [0.2, 0.25) is 0 Å². The van der Waals surface area contributed by atoms with Crippen molar-refractivity contribution in [1.82, 2.24) is 15.5 Å². The van der Waals surface area contributed by atoms with Gasteiger partial charge in [-0.2, -0.15) is 0 Å². The number of aliphatic imine (C=N–C) groups is 1. The highest BCUT2D eigenvalue weighted by molar-refractivity contribution is 14.0. The van der Waals surface area contributed by atoms with Crippen molar-refractivity contribution in [2.45, 2.75) is 46.1 Å². The van der Waals surface area contributed by atoms with Gasteiger partial charge in [0, 0.05) is 19.6 Å². The smallest absolute Gasteiger partial charge is 0.191 e. The minimum Gasteiger partial charge on any atom is -0.493 e. The molecular weight excluding hydrogens is 479 g/mol. The number of hydrogen-bond acceptors (Lipinski definition) is 4. The minimum absolute atomic E-state index is 0. The maximum Gasteiger partial charge on any atom is 0.191 e. The Hall–Kier alpha value is -1.22. The van der Waals surface area contributed by atoms with E-state index in [1.807, 2.05) is 18.2 Å². The molecule has 1 aromatic carbocycles. The quantitative estimate of drug-likeness (QED) is 0.213. The second kappa shape index (κ2) is 14.7. The van der Waals surface area contributed by atoms with Crippen molar-refractivity contribution >= 4 is 29.9 Å². The van der Waals surface area contributed by atoms with Crippen molar-refractivity contribution < 1.29 is 9.47 Å². The summed E-state index contributed by atoms with van der Waals surface area (Å²) in [4.78, 5) is 7.32. The van der Waals surface area contributed by atoms with Crippen LogP contribution in [-0.4, -0.2) is 57.8 Å². The molecular formula is C22H39IN4O2. The largest absolute Gasteiger partial charge is 0.493 e. The molecule has 1 aliphatic heterocycles. The predicted octanol–water partition coefficient (Wildman–Crippen LogP) is 3.89. The van der Waals surface area contributed by atoms with Gasteiger partial charge in [0.1, 0.15) is 0 Å². The van der Waals surface area contributed by atoms with Gasteiger partial charge in [-0.25, -0.2) is 4.99 Å². The van der Waals surface area contributed by atoms with Gasteiger partial charge in [-0.15, -0.1) is 24.0 Å². The van der Waals surface area contributed by atoms with E-state index in [1.165, 1.54) is 38.9 Å². The lowest BCUT2D eigenvalue weighted by atomic mass is 10.0. The van der Waals surface area contributed by atoms with Crippen LogP contribution < -0.4 is 20.1 Å². The predicted molar refractivity (Wildman–Crippen MR) is 132 cm³/mol. The fourth-order valence-corrected chi connectivity index (χ4v) is 3.65. The zero-order valence-electron chi connectivity index (χ0n) is 18.5. The summed E-state index contributed by atoms with van der Waals surface area (Å²) in [6, 6.07) is 5.92. The number of nitrogens with zero attached hydrogens (tertiary/aromatic N) is 2. The Bertz CT molecular complexity index is 612. The van der Waals surface area contributed by atoms with Gasteiger partial charge in [-0.3, -0.25) is 0 Å². The number of likely N-dealkylation sites (tertiary alicyclic amines) is 1. The molecule has 1 aliphatic rings. The standard InChI is InChI=1S/C22H38N4O2.HI/c1-5-23-22(24-12-6-7-13-26-14-8-9-18(2)17-26)25-16-19-10-11-20(27-3)21(15-19)28-4;/h10-11,15,18H,5-9,12-14,16-17H2,1-4H3,(H2,23,24,25);1H. The molecule has 166 valence electrons. The molecule has 0 bridgehead atoms. The van der Waals surface area contributed by atoms with Crippen LogP contribution in [0.15, 0.2) is 23.2 Å². The first-order valence-corrected chi connectivity index (χ1v) is 10.6. The average Bonchev–Trinajstić information content (AvgIpc) is 2.71. The lowest BCUT2D eigenvalue weighted by molar-refractivity contribution is 0.181. The van der Waals surface area contributed by atoms with Gasteiger partial charge in [-0.1, -0.05) is 13.0 Å². The number of ether oxygens (including phenoxy) is 2. The summed E-state index contributed by atoms with van der Waals surface area (Å²) in [5.41, 5.74) is 1.09. The maximum absolute atomic E-state index is 5.37. The minimum atomic E-state index is 0. The van der Waals surface area contributed by atoms with Gasteiger partial charge in [0.25, 0.3) is 0 Å². The molecule has 1 fully saturated rings. The van der Waals surface area contributed by atoms with Crippen molar-refractivity contribution in [1.29, 1.82) is 0 Å². The summed E-state index contributed by atoms with van der Waals surface area (Å²) in [5, 5.41) is 6.78. The van der Waals surface area contributed by atoms with E-state index in [4.69, 9.17) is 14.5 Å². The summed E-state index contributed by atoms with van der Waals surface area (Å²) < 4.78 is 10.7. The van der Waals surface area contributed by atoms with Crippen molar-refractivity contribution in [2.75, 3.05) is 46.9 Å². The Balaban J connectivity index is 0.00000420. The normalized spacial score (nSPS) is 17.4. The SMILES string of the molecule is CCNC(=NCc1ccc(OC)c(OC)c1)NCCCCN1CCCC(C)C1.I. The molecule has 0 aromatic heterocycles. The highest BCUT2D eigenvalue weighted by Crippen LogP contribution is 2.27. The number of benzene rings is 1. The lowest BCUT2D eigenvalue weighted by Gasteiger charge is -2.30. The fraction of sp³-hybridized carbons (Fsp3) is 0.682. The van der Waals surface area contributed by atoms with Gasteiger partial charge in [0.2, 0.25) is 0 Å². The third-order valence-electron chi connectivity index (χ3n) is 5.15. The summed E-state index contributed by atoms with van der Waals surface area (Å²) in [5.74, 6) is 3.20. The van der Waals surface area contributed by atoms with Crippen LogP contribution in [0.3, 0.4) is 0 Å². The fourth-order valence-electron chi connectivity index (χ4n) is 3.65. The Morgan fingerprint density at radius 3 is 2.66 bits per heavy atom. The van der Waals surface area contributed by atoms with Gasteiger partial charge in [-0.05, 0) is 69.3 Å². The van der Waals surface area contributed by atoms with Crippen LogP contribution in [-0.2, 0) is 6.54 Å². The Kier molecular flexibility index (Phi) is 13.1. The molecule has 1 saturated heterocycles.